The van der Waals surface area contributed by atoms with E-state index in [1.165, 1.54) is 0 Å². The molecule has 1 fully saturated rings. The lowest BCUT2D eigenvalue weighted by molar-refractivity contribution is 0.0570. The molecular formula is C19H27N3O5. The van der Waals surface area contributed by atoms with Gasteiger partial charge in [0.2, 0.25) is 0 Å². The van der Waals surface area contributed by atoms with Crippen LogP contribution in [-0.4, -0.2) is 80.8 Å². The van der Waals surface area contributed by atoms with Crippen molar-refractivity contribution in [1.29, 1.82) is 0 Å². The van der Waals surface area contributed by atoms with Gasteiger partial charge >= 0.3 is 6.09 Å². The Hall–Kier alpha value is -2.61. The Morgan fingerprint density at radius 3 is 2.19 bits per heavy atom. The zero-order chi connectivity index (χ0) is 19.6. The highest BCUT2D eigenvalue weighted by Crippen LogP contribution is 2.11. The average Bonchev–Trinajstić information content (AvgIpc) is 2.71. The Bertz CT molecular complexity index is 639. The van der Waals surface area contributed by atoms with Crippen molar-refractivity contribution in [1.82, 2.24) is 15.1 Å². The number of hydrogen-bond donors (Lipinski definition) is 1. The summed E-state index contributed by atoms with van der Waals surface area (Å²) < 4.78 is 9.92. The van der Waals surface area contributed by atoms with E-state index in [0.29, 0.717) is 57.1 Å². The fourth-order valence-corrected chi connectivity index (χ4v) is 2.77. The number of ether oxygens (including phenoxy) is 2. The first-order valence-electron chi connectivity index (χ1n) is 9.15. The fourth-order valence-electron chi connectivity index (χ4n) is 2.77. The number of benzene rings is 1. The number of carbonyl (C=O) groups is 3. The van der Waals surface area contributed by atoms with Crippen LogP contribution in [0.25, 0.3) is 0 Å². The monoisotopic (exact) mass is 377 g/mol. The third-order valence-corrected chi connectivity index (χ3v) is 4.30. The SMILES string of the molecule is CCOC(=O)N1CCN(C(=O)c2ccc(C(=O)NCCCOC)cc2)CC1. The van der Waals surface area contributed by atoms with Crippen LogP contribution in [-0.2, 0) is 9.47 Å². The van der Waals surface area contributed by atoms with Crippen molar-refractivity contribution >= 4 is 17.9 Å². The van der Waals surface area contributed by atoms with Gasteiger partial charge in [0.1, 0.15) is 0 Å². The molecule has 8 nitrogen and oxygen atoms in total. The first kappa shape index (κ1) is 20.7. The Kier molecular flexibility index (Phi) is 8.06. The van der Waals surface area contributed by atoms with Crippen molar-refractivity contribution < 1.29 is 23.9 Å². The fraction of sp³-hybridized carbons (Fsp3) is 0.526. The lowest BCUT2D eigenvalue weighted by Crippen LogP contribution is -2.50. The summed E-state index contributed by atoms with van der Waals surface area (Å²) >= 11 is 0. The second-order valence-corrected chi connectivity index (χ2v) is 6.16. The van der Waals surface area contributed by atoms with Gasteiger partial charge in [-0.05, 0) is 37.6 Å². The van der Waals surface area contributed by atoms with Crippen molar-refractivity contribution in [2.45, 2.75) is 13.3 Å². The van der Waals surface area contributed by atoms with E-state index in [0.717, 1.165) is 6.42 Å². The molecule has 1 heterocycles. The molecule has 0 radical (unpaired) electrons. The Morgan fingerprint density at radius 1 is 1.00 bits per heavy atom. The summed E-state index contributed by atoms with van der Waals surface area (Å²) in [6.07, 6.45) is 0.404. The van der Waals surface area contributed by atoms with E-state index < -0.39 is 0 Å². The number of methoxy groups -OCH3 is 1. The van der Waals surface area contributed by atoms with E-state index in [-0.39, 0.29) is 17.9 Å². The average molecular weight is 377 g/mol. The molecular weight excluding hydrogens is 350 g/mol. The number of carbonyl (C=O) groups excluding carboxylic acids is 3. The molecule has 0 aromatic heterocycles. The zero-order valence-corrected chi connectivity index (χ0v) is 15.9. The predicted octanol–water partition coefficient (Wildman–Crippen LogP) is 1.37. The molecule has 2 rings (SSSR count). The number of piperazine rings is 1. The molecule has 3 amide bonds. The van der Waals surface area contributed by atoms with Crippen molar-refractivity contribution in [3.05, 3.63) is 35.4 Å². The number of hydrogen-bond acceptors (Lipinski definition) is 5. The molecule has 27 heavy (non-hydrogen) atoms. The molecule has 1 aliphatic rings. The van der Waals surface area contributed by atoms with Crippen molar-refractivity contribution in [3.63, 3.8) is 0 Å². The Balaban J connectivity index is 1.85. The van der Waals surface area contributed by atoms with E-state index in [4.69, 9.17) is 9.47 Å². The predicted molar refractivity (Wildman–Crippen MR) is 99.8 cm³/mol. The number of nitrogens with one attached hydrogen (secondary N) is 1. The topological polar surface area (TPSA) is 88.2 Å². The second kappa shape index (κ2) is 10.5. The highest BCUT2D eigenvalue weighted by molar-refractivity contribution is 5.97. The molecule has 1 N–H and O–H groups in total. The molecule has 1 aromatic rings. The molecule has 0 bridgehead atoms. The van der Waals surface area contributed by atoms with Crippen molar-refractivity contribution in [3.8, 4) is 0 Å². The minimum absolute atomic E-state index is 0.106. The van der Waals surface area contributed by atoms with Crippen LogP contribution in [0.15, 0.2) is 24.3 Å². The van der Waals surface area contributed by atoms with Crippen LogP contribution in [0.5, 0.6) is 0 Å². The summed E-state index contributed by atoms with van der Waals surface area (Å²) in [6.45, 7) is 5.05. The maximum absolute atomic E-state index is 12.6. The normalized spacial score (nSPS) is 14.0. The van der Waals surface area contributed by atoms with Crippen LogP contribution in [0.4, 0.5) is 4.79 Å². The van der Waals surface area contributed by atoms with E-state index in [1.807, 2.05) is 0 Å². The Morgan fingerprint density at radius 2 is 1.59 bits per heavy atom. The highest BCUT2D eigenvalue weighted by atomic mass is 16.6. The molecule has 0 saturated carbocycles. The molecule has 8 heteroatoms. The smallest absolute Gasteiger partial charge is 0.409 e. The van der Waals surface area contributed by atoms with Crippen LogP contribution in [0, 0.1) is 0 Å². The quantitative estimate of drug-likeness (QED) is 0.725. The molecule has 1 aliphatic heterocycles. The maximum atomic E-state index is 12.6. The number of amides is 3. The van der Waals surface area contributed by atoms with Gasteiger partial charge in [0, 0.05) is 57.6 Å². The summed E-state index contributed by atoms with van der Waals surface area (Å²) in [4.78, 5) is 39.7. The number of rotatable bonds is 7. The molecule has 0 atom stereocenters. The Labute approximate surface area is 159 Å². The number of nitrogens with zero attached hydrogens (tertiary/aromatic N) is 2. The lowest BCUT2D eigenvalue weighted by Gasteiger charge is -2.34. The minimum atomic E-state index is -0.342. The standard InChI is InChI=1S/C19H27N3O5/c1-3-27-19(25)22-12-10-21(11-13-22)18(24)16-7-5-15(6-8-16)17(23)20-9-4-14-26-2/h5-8H,3-4,9-14H2,1-2H3,(H,20,23). The van der Waals surface area contributed by atoms with Crippen LogP contribution in [0.3, 0.4) is 0 Å². The summed E-state index contributed by atoms with van der Waals surface area (Å²) in [5.41, 5.74) is 1.03. The molecule has 148 valence electrons. The first-order valence-corrected chi connectivity index (χ1v) is 9.15. The van der Waals surface area contributed by atoms with Crippen molar-refractivity contribution in [2.24, 2.45) is 0 Å². The van der Waals surface area contributed by atoms with Gasteiger partial charge in [-0.25, -0.2) is 4.79 Å². The van der Waals surface area contributed by atoms with Gasteiger partial charge in [0.05, 0.1) is 6.61 Å². The van der Waals surface area contributed by atoms with Gasteiger partial charge in [-0.15, -0.1) is 0 Å². The van der Waals surface area contributed by atoms with E-state index in [2.05, 4.69) is 5.32 Å². The summed E-state index contributed by atoms with van der Waals surface area (Å²) in [5, 5.41) is 2.81. The minimum Gasteiger partial charge on any atom is -0.450 e. The van der Waals surface area contributed by atoms with Gasteiger partial charge in [0.15, 0.2) is 0 Å². The van der Waals surface area contributed by atoms with E-state index >= 15 is 0 Å². The summed E-state index contributed by atoms with van der Waals surface area (Å²) in [6, 6.07) is 6.61. The zero-order valence-electron chi connectivity index (χ0n) is 15.9. The van der Waals surface area contributed by atoms with Crippen LogP contribution in [0.2, 0.25) is 0 Å². The molecule has 0 aliphatic carbocycles. The highest BCUT2D eigenvalue weighted by Gasteiger charge is 2.25. The van der Waals surface area contributed by atoms with Crippen molar-refractivity contribution in [2.75, 3.05) is 53.0 Å². The van der Waals surface area contributed by atoms with Crippen LogP contribution < -0.4 is 5.32 Å². The van der Waals surface area contributed by atoms with Gasteiger partial charge in [0.25, 0.3) is 11.8 Å². The molecule has 1 aromatic carbocycles. The molecule has 0 unspecified atom stereocenters. The van der Waals surface area contributed by atoms with Gasteiger partial charge in [-0.1, -0.05) is 0 Å². The van der Waals surface area contributed by atoms with E-state index in [9.17, 15) is 14.4 Å². The van der Waals surface area contributed by atoms with E-state index in [1.54, 1.807) is 48.1 Å². The van der Waals surface area contributed by atoms with Gasteiger partial charge < -0.3 is 24.6 Å². The van der Waals surface area contributed by atoms with Gasteiger partial charge in [-0.2, -0.15) is 0 Å². The second-order valence-electron chi connectivity index (χ2n) is 6.16. The van der Waals surface area contributed by atoms with Crippen LogP contribution in [0.1, 0.15) is 34.1 Å². The summed E-state index contributed by atoms with van der Waals surface area (Å²) in [5.74, 6) is -0.279. The lowest BCUT2D eigenvalue weighted by atomic mass is 10.1. The maximum Gasteiger partial charge on any atom is 0.409 e. The molecule has 1 saturated heterocycles. The third kappa shape index (κ3) is 5.96. The first-order chi connectivity index (χ1) is 13.1. The van der Waals surface area contributed by atoms with Gasteiger partial charge in [-0.3, -0.25) is 9.59 Å². The summed E-state index contributed by atoms with van der Waals surface area (Å²) in [7, 11) is 1.62. The molecule has 0 spiro atoms. The largest absolute Gasteiger partial charge is 0.450 e. The third-order valence-electron chi connectivity index (χ3n) is 4.30. The van der Waals surface area contributed by atoms with Crippen LogP contribution >= 0.6 is 0 Å².